The third kappa shape index (κ3) is 3.45. The maximum atomic E-state index is 13.0. The minimum Gasteiger partial charge on any atom is -0.349 e. The van der Waals surface area contributed by atoms with E-state index in [0.29, 0.717) is 30.8 Å². The van der Waals surface area contributed by atoms with Crippen molar-refractivity contribution in [3.05, 3.63) is 35.9 Å². The second-order valence-electron chi connectivity index (χ2n) is 7.70. The van der Waals surface area contributed by atoms with Gasteiger partial charge < -0.3 is 15.1 Å². The number of carbonyl (C=O) groups excluding carboxylic acids is 3. The van der Waals surface area contributed by atoms with Gasteiger partial charge in [-0.25, -0.2) is 0 Å². The Labute approximate surface area is 163 Å². The molecule has 27 heavy (non-hydrogen) atoms. The molecule has 1 N–H and O–H groups in total. The number of thioether (sulfide) groups is 1. The number of rotatable bonds is 3. The zero-order valence-corrected chi connectivity index (χ0v) is 16.3. The molecule has 1 aromatic carbocycles. The first-order chi connectivity index (χ1) is 13.0. The number of hydrogen-bond acceptors (Lipinski definition) is 4. The fourth-order valence-corrected chi connectivity index (χ4v) is 5.74. The Morgan fingerprint density at radius 3 is 2.59 bits per heavy atom. The topological polar surface area (TPSA) is 69.7 Å². The number of hydrogen-bond donors (Lipinski definition) is 1. The smallest absolute Gasteiger partial charge is 0.251 e. The van der Waals surface area contributed by atoms with Gasteiger partial charge in [-0.15, -0.1) is 11.8 Å². The quantitative estimate of drug-likeness (QED) is 0.860. The van der Waals surface area contributed by atoms with Crippen molar-refractivity contribution in [1.29, 1.82) is 0 Å². The number of nitrogens with one attached hydrogen (secondary N) is 1. The van der Waals surface area contributed by atoms with E-state index in [1.54, 1.807) is 23.9 Å². The summed E-state index contributed by atoms with van der Waals surface area (Å²) >= 11 is 1.73. The van der Waals surface area contributed by atoms with Crippen molar-refractivity contribution in [2.24, 2.45) is 0 Å². The van der Waals surface area contributed by atoms with Gasteiger partial charge in [0, 0.05) is 36.9 Å². The first kappa shape index (κ1) is 18.3. The highest BCUT2D eigenvalue weighted by atomic mass is 32.2. The van der Waals surface area contributed by atoms with Crippen LogP contribution >= 0.6 is 11.8 Å². The van der Waals surface area contributed by atoms with Gasteiger partial charge in [0.25, 0.3) is 5.91 Å². The lowest BCUT2D eigenvalue weighted by atomic mass is 10.0. The van der Waals surface area contributed by atoms with Crippen molar-refractivity contribution >= 4 is 29.5 Å². The van der Waals surface area contributed by atoms with Gasteiger partial charge in [0.1, 0.15) is 6.04 Å². The number of amides is 3. The van der Waals surface area contributed by atoms with Crippen LogP contribution < -0.4 is 5.32 Å². The molecule has 0 bridgehead atoms. The van der Waals surface area contributed by atoms with Crippen molar-refractivity contribution in [3.63, 3.8) is 0 Å². The molecule has 0 saturated carbocycles. The molecule has 6 nitrogen and oxygen atoms in total. The van der Waals surface area contributed by atoms with Crippen LogP contribution in [0.15, 0.2) is 30.3 Å². The molecule has 0 aromatic heterocycles. The van der Waals surface area contributed by atoms with Gasteiger partial charge in [0.2, 0.25) is 11.8 Å². The molecule has 144 valence electrons. The molecule has 3 saturated heterocycles. The van der Waals surface area contributed by atoms with E-state index in [9.17, 15) is 14.4 Å². The standard InChI is InChI=1S/C20H25N3O3S/c1-20-10-7-17(24)23(20)16(13-27-20)19(26)22-11-8-15(9-12-22)21-18(25)14-5-3-2-4-6-14/h2-6,15-16H,7-13H2,1H3,(H,21,25)/t16-,20-/m0/s1. The van der Waals surface area contributed by atoms with Crippen molar-refractivity contribution < 1.29 is 14.4 Å². The average Bonchev–Trinajstić information content (AvgIpc) is 3.18. The van der Waals surface area contributed by atoms with Crippen molar-refractivity contribution in [2.45, 2.75) is 49.6 Å². The molecule has 3 aliphatic rings. The lowest BCUT2D eigenvalue weighted by Gasteiger charge is -2.36. The maximum Gasteiger partial charge on any atom is 0.251 e. The van der Waals surface area contributed by atoms with Crippen LogP contribution in [0.4, 0.5) is 0 Å². The van der Waals surface area contributed by atoms with Gasteiger partial charge in [-0.3, -0.25) is 14.4 Å². The van der Waals surface area contributed by atoms with E-state index in [0.717, 1.165) is 19.3 Å². The van der Waals surface area contributed by atoms with Crippen molar-refractivity contribution in [2.75, 3.05) is 18.8 Å². The zero-order chi connectivity index (χ0) is 19.0. The molecule has 3 amide bonds. The Kier molecular flexibility index (Phi) is 4.88. The number of carbonyl (C=O) groups is 3. The predicted octanol–water partition coefficient (Wildman–Crippen LogP) is 1.86. The predicted molar refractivity (Wildman–Crippen MR) is 104 cm³/mol. The second kappa shape index (κ2) is 7.19. The zero-order valence-electron chi connectivity index (χ0n) is 15.5. The highest BCUT2D eigenvalue weighted by Gasteiger charge is 2.53. The normalized spacial score (nSPS) is 28.3. The van der Waals surface area contributed by atoms with E-state index in [-0.39, 0.29) is 34.7 Å². The molecule has 0 aliphatic carbocycles. The molecule has 4 rings (SSSR count). The SMILES string of the molecule is C[C@]12CCC(=O)N1[C@H](C(=O)N1CCC(NC(=O)c3ccccc3)CC1)CS2. The van der Waals surface area contributed by atoms with Gasteiger partial charge >= 0.3 is 0 Å². The number of likely N-dealkylation sites (tertiary alicyclic amines) is 1. The van der Waals surface area contributed by atoms with Crippen molar-refractivity contribution in [1.82, 2.24) is 15.1 Å². The van der Waals surface area contributed by atoms with E-state index >= 15 is 0 Å². The van der Waals surface area contributed by atoms with E-state index in [2.05, 4.69) is 12.2 Å². The summed E-state index contributed by atoms with van der Waals surface area (Å²) in [6, 6.07) is 8.94. The Balaban J connectivity index is 1.32. The van der Waals surface area contributed by atoms with Crippen LogP contribution in [0.3, 0.4) is 0 Å². The Hall–Kier alpha value is -2.02. The molecule has 7 heteroatoms. The number of fused-ring (bicyclic) bond motifs is 1. The van der Waals surface area contributed by atoms with Gasteiger partial charge in [0.05, 0.1) is 4.87 Å². The molecule has 2 atom stereocenters. The minimum atomic E-state index is -0.328. The highest BCUT2D eigenvalue weighted by Crippen LogP contribution is 2.47. The van der Waals surface area contributed by atoms with Gasteiger partial charge in [0.15, 0.2) is 0 Å². The summed E-state index contributed by atoms with van der Waals surface area (Å²) in [5.74, 6) is 0.789. The monoisotopic (exact) mass is 387 g/mol. The fraction of sp³-hybridized carbons (Fsp3) is 0.550. The second-order valence-corrected chi connectivity index (χ2v) is 9.21. The summed E-state index contributed by atoms with van der Waals surface area (Å²) in [7, 11) is 0. The molecule has 3 fully saturated rings. The van der Waals surface area contributed by atoms with Crippen LogP contribution in [-0.2, 0) is 9.59 Å². The van der Waals surface area contributed by atoms with E-state index in [1.165, 1.54) is 0 Å². The Morgan fingerprint density at radius 2 is 1.89 bits per heavy atom. The molecular formula is C20H25N3O3S. The van der Waals surface area contributed by atoms with E-state index in [4.69, 9.17) is 0 Å². The number of piperidine rings is 1. The minimum absolute atomic E-state index is 0.0639. The molecule has 3 heterocycles. The van der Waals surface area contributed by atoms with Gasteiger partial charge in [-0.05, 0) is 38.3 Å². The largest absolute Gasteiger partial charge is 0.349 e. The maximum absolute atomic E-state index is 13.0. The lowest BCUT2D eigenvalue weighted by molar-refractivity contribution is -0.144. The molecule has 0 radical (unpaired) electrons. The third-order valence-electron chi connectivity index (χ3n) is 5.91. The Morgan fingerprint density at radius 1 is 1.19 bits per heavy atom. The van der Waals surface area contributed by atoms with Gasteiger partial charge in [-0.2, -0.15) is 0 Å². The summed E-state index contributed by atoms with van der Waals surface area (Å²) in [6.45, 7) is 3.32. The van der Waals surface area contributed by atoms with Crippen LogP contribution in [0, 0.1) is 0 Å². The molecule has 3 aliphatic heterocycles. The summed E-state index contributed by atoms with van der Waals surface area (Å²) < 4.78 is 0. The number of benzene rings is 1. The van der Waals surface area contributed by atoms with Crippen LogP contribution in [0.25, 0.3) is 0 Å². The summed E-state index contributed by atoms with van der Waals surface area (Å²) in [4.78, 5) is 41.1. The first-order valence-electron chi connectivity index (χ1n) is 9.59. The van der Waals surface area contributed by atoms with Crippen LogP contribution in [0.5, 0.6) is 0 Å². The molecular weight excluding hydrogens is 362 g/mol. The van der Waals surface area contributed by atoms with Crippen LogP contribution in [-0.4, -0.2) is 63.3 Å². The molecule has 0 unspecified atom stereocenters. The molecule has 1 aromatic rings. The van der Waals surface area contributed by atoms with E-state index < -0.39 is 0 Å². The van der Waals surface area contributed by atoms with Crippen molar-refractivity contribution in [3.8, 4) is 0 Å². The van der Waals surface area contributed by atoms with Crippen LogP contribution in [0.2, 0.25) is 0 Å². The number of nitrogens with zero attached hydrogens (tertiary/aromatic N) is 2. The summed E-state index contributed by atoms with van der Waals surface area (Å²) in [5.41, 5.74) is 0.658. The highest BCUT2D eigenvalue weighted by molar-refractivity contribution is 8.01. The summed E-state index contributed by atoms with van der Waals surface area (Å²) in [6.07, 6.45) is 2.86. The van der Waals surface area contributed by atoms with E-state index in [1.807, 2.05) is 28.0 Å². The third-order valence-corrected chi connectivity index (χ3v) is 7.41. The first-order valence-corrected chi connectivity index (χ1v) is 10.6. The molecule has 0 spiro atoms. The Bertz CT molecular complexity index is 748. The lowest BCUT2D eigenvalue weighted by Crippen LogP contribution is -2.54. The summed E-state index contributed by atoms with van der Waals surface area (Å²) in [5, 5.41) is 3.07. The van der Waals surface area contributed by atoms with Gasteiger partial charge in [-0.1, -0.05) is 18.2 Å². The average molecular weight is 388 g/mol. The van der Waals surface area contributed by atoms with Crippen LogP contribution in [0.1, 0.15) is 43.0 Å². The fourth-order valence-electron chi connectivity index (χ4n) is 4.32.